The molecule has 3 rings (SSSR count). The van der Waals surface area contributed by atoms with Crippen LogP contribution in [0.2, 0.25) is 0 Å². The van der Waals surface area contributed by atoms with Crippen molar-refractivity contribution in [2.45, 2.75) is 38.2 Å². The minimum Gasteiger partial charge on any atom is -0.496 e. The summed E-state index contributed by atoms with van der Waals surface area (Å²) in [5.74, 6) is -2.53. The van der Waals surface area contributed by atoms with Gasteiger partial charge in [0.25, 0.3) is 5.56 Å². The van der Waals surface area contributed by atoms with E-state index in [2.05, 4.69) is 27.3 Å². The van der Waals surface area contributed by atoms with E-state index in [1.807, 2.05) is 0 Å². The summed E-state index contributed by atoms with van der Waals surface area (Å²) in [4.78, 5) is 24.0. The number of carboxylic acids is 1. The van der Waals surface area contributed by atoms with E-state index < -0.39 is 29.4 Å². The van der Waals surface area contributed by atoms with Gasteiger partial charge in [0.1, 0.15) is 5.75 Å². The normalized spacial score (nSPS) is 16.6. The Bertz CT molecular complexity index is 1120. The maximum Gasteiger partial charge on any atom is 0.490 e. The first-order valence-electron chi connectivity index (χ1n) is 10.7. The predicted octanol–water partition coefficient (Wildman–Crippen LogP) is 3.40. The van der Waals surface area contributed by atoms with Gasteiger partial charge >= 0.3 is 18.3 Å². The van der Waals surface area contributed by atoms with Gasteiger partial charge in [-0.1, -0.05) is 6.92 Å². The van der Waals surface area contributed by atoms with Gasteiger partial charge in [-0.05, 0) is 44.1 Å². The number of likely N-dealkylation sites (tertiary alicyclic amines) is 1. The Kier molecular flexibility index (Phi) is 9.29. The molecule has 1 fully saturated rings. The topological polar surface area (TPSA) is 110 Å². The van der Waals surface area contributed by atoms with Gasteiger partial charge in [0.15, 0.2) is 5.82 Å². The molecule has 2 aromatic rings. The van der Waals surface area contributed by atoms with Crippen LogP contribution in [0.4, 0.5) is 32.2 Å². The lowest BCUT2D eigenvalue weighted by Crippen LogP contribution is -2.43. The number of carboxylic acid groups (broad SMARTS) is 1. The maximum absolute atomic E-state index is 13.0. The fourth-order valence-corrected chi connectivity index (χ4v) is 3.49. The van der Waals surface area contributed by atoms with Crippen LogP contribution in [-0.2, 0) is 18.0 Å². The number of hydrogen-bond acceptors (Lipinski definition) is 7. The Morgan fingerprint density at radius 2 is 1.86 bits per heavy atom. The van der Waals surface area contributed by atoms with Gasteiger partial charge in [-0.25, -0.2) is 4.79 Å². The van der Waals surface area contributed by atoms with Crippen LogP contribution in [0.5, 0.6) is 5.75 Å². The standard InChI is InChI=1S/C19H24F3N5O2.C2HF3O2/c1-4-27-9-5-6-13(11-27)23-16-18(28)26(2)17(25-24-16)14-8-7-12(19(20,21)22)10-15(14)29-3;3-2(4,5)1(6)7/h7-8,10,13H,4-6,9,11H2,1-3H3,(H,23,24);(H,6,7). The molecule has 0 radical (unpaired) electrons. The quantitative estimate of drug-likeness (QED) is 0.572. The number of nitrogens with zero attached hydrogens (tertiary/aromatic N) is 4. The summed E-state index contributed by atoms with van der Waals surface area (Å²) < 4.78 is 77.0. The molecule has 0 spiro atoms. The highest BCUT2D eigenvalue weighted by atomic mass is 19.4. The highest BCUT2D eigenvalue weighted by Crippen LogP contribution is 2.36. The lowest BCUT2D eigenvalue weighted by Gasteiger charge is -2.32. The molecule has 200 valence electrons. The molecule has 1 aromatic carbocycles. The SMILES string of the molecule is CCN1CCCC(Nc2nnc(-c3ccc(C(F)(F)F)cc3OC)n(C)c2=O)C1.O=C(O)C(F)(F)F. The second-order valence-electron chi connectivity index (χ2n) is 7.83. The number of nitrogens with one attached hydrogen (secondary N) is 1. The highest BCUT2D eigenvalue weighted by Gasteiger charge is 2.38. The summed E-state index contributed by atoms with van der Waals surface area (Å²) in [6.45, 7) is 4.88. The minimum absolute atomic E-state index is 0.0318. The monoisotopic (exact) mass is 525 g/mol. The lowest BCUT2D eigenvalue weighted by atomic mass is 10.1. The van der Waals surface area contributed by atoms with Crippen molar-refractivity contribution in [1.82, 2.24) is 19.7 Å². The Morgan fingerprint density at radius 3 is 2.39 bits per heavy atom. The molecule has 0 aliphatic carbocycles. The average Bonchev–Trinajstić information content (AvgIpc) is 2.81. The number of hydrogen-bond donors (Lipinski definition) is 2. The van der Waals surface area contributed by atoms with Gasteiger partial charge < -0.3 is 20.1 Å². The van der Waals surface area contributed by atoms with Crippen LogP contribution < -0.4 is 15.6 Å². The number of ether oxygens (including phenoxy) is 1. The zero-order valence-electron chi connectivity index (χ0n) is 19.6. The Balaban J connectivity index is 0.000000572. The number of methoxy groups -OCH3 is 1. The van der Waals surface area contributed by atoms with E-state index in [-0.39, 0.29) is 29.0 Å². The van der Waals surface area contributed by atoms with E-state index in [0.717, 1.165) is 44.6 Å². The van der Waals surface area contributed by atoms with E-state index >= 15 is 0 Å². The Morgan fingerprint density at radius 1 is 1.22 bits per heavy atom. The molecule has 0 amide bonds. The fourth-order valence-electron chi connectivity index (χ4n) is 3.49. The van der Waals surface area contributed by atoms with Crippen molar-refractivity contribution in [3.63, 3.8) is 0 Å². The molecule has 2 N–H and O–H groups in total. The molecule has 0 bridgehead atoms. The molecule has 1 unspecified atom stereocenters. The lowest BCUT2D eigenvalue weighted by molar-refractivity contribution is -0.192. The van der Waals surface area contributed by atoms with Crippen LogP contribution in [-0.4, -0.2) is 69.7 Å². The molecule has 36 heavy (non-hydrogen) atoms. The van der Waals surface area contributed by atoms with E-state index in [9.17, 15) is 31.1 Å². The molecule has 2 heterocycles. The number of anilines is 1. The number of halogens is 6. The first-order valence-corrected chi connectivity index (χ1v) is 10.7. The van der Waals surface area contributed by atoms with Crippen molar-refractivity contribution in [3.05, 3.63) is 34.1 Å². The molecular weight excluding hydrogens is 500 g/mol. The van der Waals surface area contributed by atoms with Crippen LogP contribution in [0.15, 0.2) is 23.0 Å². The molecule has 15 heteroatoms. The second-order valence-corrected chi connectivity index (χ2v) is 7.83. The fraction of sp³-hybridized carbons (Fsp3) is 0.524. The summed E-state index contributed by atoms with van der Waals surface area (Å²) in [6.07, 6.45) is -7.63. The predicted molar refractivity (Wildman–Crippen MR) is 117 cm³/mol. The molecule has 0 saturated carbocycles. The molecule has 1 aliphatic heterocycles. The third kappa shape index (κ3) is 7.32. The smallest absolute Gasteiger partial charge is 0.490 e. The van der Waals surface area contributed by atoms with Crippen molar-refractivity contribution >= 4 is 11.8 Å². The second kappa shape index (κ2) is 11.6. The number of aromatic nitrogens is 3. The van der Waals surface area contributed by atoms with Crippen LogP contribution >= 0.6 is 0 Å². The van der Waals surface area contributed by atoms with E-state index in [0.29, 0.717) is 0 Å². The molecule has 1 aliphatic rings. The van der Waals surface area contributed by atoms with Gasteiger partial charge in [-0.2, -0.15) is 26.3 Å². The summed E-state index contributed by atoms with van der Waals surface area (Å²) in [5.41, 5.74) is -0.980. The molecular formula is C21H25F6N5O4. The number of likely N-dealkylation sites (N-methyl/N-ethyl adjacent to an activating group) is 1. The first kappa shape index (κ1) is 28.9. The van der Waals surface area contributed by atoms with E-state index in [4.69, 9.17) is 14.6 Å². The Hall–Kier alpha value is -3.36. The van der Waals surface area contributed by atoms with Gasteiger partial charge in [0, 0.05) is 19.6 Å². The highest BCUT2D eigenvalue weighted by molar-refractivity contribution is 5.73. The zero-order valence-corrected chi connectivity index (χ0v) is 19.6. The first-order chi connectivity index (χ1) is 16.7. The molecule has 1 saturated heterocycles. The number of rotatable bonds is 5. The van der Waals surface area contributed by atoms with Crippen molar-refractivity contribution < 1.29 is 41.0 Å². The summed E-state index contributed by atoms with van der Waals surface area (Å²) in [6, 6.07) is 3.14. The van der Waals surface area contributed by atoms with Crippen molar-refractivity contribution in [2.75, 3.05) is 32.1 Å². The maximum atomic E-state index is 13.0. The van der Waals surface area contributed by atoms with Crippen LogP contribution in [0.25, 0.3) is 11.4 Å². The summed E-state index contributed by atoms with van der Waals surface area (Å²) >= 11 is 0. The minimum atomic E-state index is -5.08. The number of alkyl halides is 6. The largest absolute Gasteiger partial charge is 0.496 e. The van der Waals surface area contributed by atoms with Crippen LogP contribution in [0.1, 0.15) is 25.3 Å². The Labute approximate surface area is 201 Å². The van der Waals surface area contributed by atoms with Crippen molar-refractivity contribution in [1.29, 1.82) is 0 Å². The van der Waals surface area contributed by atoms with Gasteiger partial charge in [-0.15, -0.1) is 10.2 Å². The molecule has 1 atom stereocenters. The average molecular weight is 525 g/mol. The van der Waals surface area contributed by atoms with Crippen molar-refractivity contribution in [3.8, 4) is 17.1 Å². The van der Waals surface area contributed by atoms with Gasteiger partial charge in [0.2, 0.25) is 5.82 Å². The number of piperidine rings is 1. The van der Waals surface area contributed by atoms with Crippen molar-refractivity contribution in [2.24, 2.45) is 7.05 Å². The van der Waals surface area contributed by atoms with E-state index in [1.165, 1.54) is 24.8 Å². The zero-order chi connectivity index (χ0) is 27.3. The summed E-state index contributed by atoms with van der Waals surface area (Å²) in [7, 11) is 2.77. The molecule has 9 nitrogen and oxygen atoms in total. The van der Waals surface area contributed by atoms with E-state index in [1.54, 1.807) is 0 Å². The molecule has 1 aromatic heterocycles. The number of benzene rings is 1. The van der Waals surface area contributed by atoms with Gasteiger partial charge in [0.05, 0.1) is 18.2 Å². The number of aliphatic carboxylic acids is 1. The van der Waals surface area contributed by atoms with Crippen LogP contribution in [0.3, 0.4) is 0 Å². The summed E-state index contributed by atoms with van der Waals surface area (Å²) in [5, 5.41) is 18.4. The third-order valence-corrected chi connectivity index (χ3v) is 5.38. The number of carbonyl (C=O) groups is 1. The van der Waals surface area contributed by atoms with Gasteiger partial charge in [-0.3, -0.25) is 9.36 Å². The van der Waals surface area contributed by atoms with Crippen LogP contribution in [0, 0.1) is 0 Å². The third-order valence-electron chi connectivity index (χ3n) is 5.38.